The molecule has 0 saturated carbocycles. The molecular weight excluding hydrogens is 346 g/mol. The number of aromatic nitrogens is 2. The highest BCUT2D eigenvalue weighted by Gasteiger charge is 2.11. The van der Waals surface area contributed by atoms with Crippen LogP contribution in [0.1, 0.15) is 24.1 Å². The zero-order chi connectivity index (χ0) is 19.3. The molecule has 0 spiro atoms. The standard InChI is InChI=1S/C24H23N3O/c1-17(20-9-5-7-19-6-3-4-8-21(19)20)27-15-18-10-11-24(28-2)22(14-18)23-16-25-12-13-26-23/h3-14,16-17,27H,15H2,1-2H3. The molecular formula is C24H23N3O. The van der Waals surface area contributed by atoms with E-state index in [9.17, 15) is 0 Å². The van der Waals surface area contributed by atoms with Crippen LogP contribution in [-0.2, 0) is 6.54 Å². The molecule has 3 aromatic carbocycles. The first-order valence-corrected chi connectivity index (χ1v) is 9.40. The van der Waals surface area contributed by atoms with Gasteiger partial charge >= 0.3 is 0 Å². The van der Waals surface area contributed by atoms with Crippen LogP contribution >= 0.6 is 0 Å². The van der Waals surface area contributed by atoms with Gasteiger partial charge in [0.15, 0.2) is 0 Å². The summed E-state index contributed by atoms with van der Waals surface area (Å²) in [4.78, 5) is 8.59. The van der Waals surface area contributed by atoms with E-state index in [1.165, 1.54) is 21.9 Å². The third kappa shape index (κ3) is 3.73. The number of hydrogen-bond acceptors (Lipinski definition) is 4. The Bertz CT molecular complexity index is 1070. The molecule has 4 aromatic rings. The fourth-order valence-electron chi connectivity index (χ4n) is 3.51. The second-order valence-electron chi connectivity index (χ2n) is 6.80. The minimum atomic E-state index is 0.230. The van der Waals surface area contributed by atoms with Gasteiger partial charge in [-0.3, -0.25) is 9.97 Å². The molecule has 28 heavy (non-hydrogen) atoms. The SMILES string of the molecule is COc1ccc(CNC(C)c2cccc3ccccc23)cc1-c1cnccn1. The number of nitrogens with zero attached hydrogens (tertiary/aromatic N) is 2. The molecule has 0 radical (unpaired) electrons. The first-order chi connectivity index (χ1) is 13.8. The summed E-state index contributed by atoms with van der Waals surface area (Å²) < 4.78 is 5.51. The van der Waals surface area contributed by atoms with Gasteiger partial charge in [-0.1, -0.05) is 48.5 Å². The molecule has 0 amide bonds. The molecule has 1 atom stereocenters. The van der Waals surface area contributed by atoms with Crippen LogP contribution in [0.3, 0.4) is 0 Å². The fraction of sp³-hybridized carbons (Fsp3) is 0.167. The van der Waals surface area contributed by atoms with Crippen LogP contribution in [0.4, 0.5) is 0 Å². The molecule has 0 saturated heterocycles. The van der Waals surface area contributed by atoms with Crippen molar-refractivity contribution in [3.05, 3.63) is 90.4 Å². The van der Waals surface area contributed by atoms with Crippen molar-refractivity contribution in [3.63, 3.8) is 0 Å². The number of methoxy groups -OCH3 is 1. The first kappa shape index (κ1) is 18.1. The Hall–Kier alpha value is -3.24. The van der Waals surface area contributed by atoms with Gasteiger partial charge in [0.05, 0.1) is 19.0 Å². The predicted molar refractivity (Wildman–Crippen MR) is 113 cm³/mol. The van der Waals surface area contributed by atoms with Crippen molar-refractivity contribution in [1.82, 2.24) is 15.3 Å². The van der Waals surface area contributed by atoms with Gasteiger partial charge in [0.25, 0.3) is 0 Å². The Balaban J connectivity index is 1.56. The molecule has 1 aromatic heterocycles. The predicted octanol–water partition coefficient (Wildman–Crippen LogP) is 5.16. The van der Waals surface area contributed by atoms with Crippen LogP contribution in [-0.4, -0.2) is 17.1 Å². The van der Waals surface area contributed by atoms with E-state index < -0.39 is 0 Å². The van der Waals surface area contributed by atoms with Gasteiger partial charge in [0, 0.05) is 30.5 Å². The minimum absolute atomic E-state index is 0.230. The van der Waals surface area contributed by atoms with Crippen LogP contribution in [0.25, 0.3) is 22.0 Å². The van der Waals surface area contributed by atoms with Crippen molar-refractivity contribution in [2.45, 2.75) is 19.5 Å². The van der Waals surface area contributed by atoms with Crippen LogP contribution < -0.4 is 10.1 Å². The molecule has 0 fully saturated rings. The lowest BCUT2D eigenvalue weighted by Crippen LogP contribution is -2.18. The zero-order valence-electron chi connectivity index (χ0n) is 16.1. The Labute approximate surface area is 165 Å². The third-order valence-corrected chi connectivity index (χ3v) is 5.01. The second kappa shape index (κ2) is 8.19. The largest absolute Gasteiger partial charge is 0.496 e. The molecule has 0 aliphatic rings. The second-order valence-corrected chi connectivity index (χ2v) is 6.80. The number of rotatable bonds is 6. The van der Waals surface area contributed by atoms with Gasteiger partial charge < -0.3 is 10.1 Å². The quantitative estimate of drug-likeness (QED) is 0.510. The maximum atomic E-state index is 5.51. The molecule has 140 valence electrons. The highest BCUT2D eigenvalue weighted by Crippen LogP contribution is 2.29. The number of fused-ring (bicyclic) bond motifs is 1. The van der Waals surface area contributed by atoms with Crippen molar-refractivity contribution in [1.29, 1.82) is 0 Å². The van der Waals surface area contributed by atoms with E-state index in [0.29, 0.717) is 0 Å². The van der Waals surface area contributed by atoms with Crippen LogP contribution in [0.2, 0.25) is 0 Å². The van der Waals surface area contributed by atoms with Crippen LogP contribution in [0.5, 0.6) is 5.75 Å². The summed E-state index contributed by atoms with van der Waals surface area (Å²) in [5.41, 5.74) is 4.24. The summed E-state index contributed by atoms with van der Waals surface area (Å²) in [6.07, 6.45) is 5.13. The lowest BCUT2D eigenvalue weighted by atomic mass is 9.99. The summed E-state index contributed by atoms with van der Waals surface area (Å²) >= 11 is 0. The normalized spacial score (nSPS) is 12.1. The van der Waals surface area contributed by atoms with E-state index in [1.54, 1.807) is 25.7 Å². The fourth-order valence-corrected chi connectivity index (χ4v) is 3.51. The van der Waals surface area contributed by atoms with Gasteiger partial charge in [-0.05, 0) is 41.0 Å². The Morgan fingerprint density at radius 3 is 2.68 bits per heavy atom. The topological polar surface area (TPSA) is 47.0 Å². The van der Waals surface area contributed by atoms with Gasteiger partial charge in [0.2, 0.25) is 0 Å². The van der Waals surface area contributed by atoms with Gasteiger partial charge in [0.1, 0.15) is 5.75 Å². The molecule has 0 aliphatic heterocycles. The maximum absolute atomic E-state index is 5.51. The summed E-state index contributed by atoms with van der Waals surface area (Å²) in [6, 6.07) is 21.4. The molecule has 1 N–H and O–H groups in total. The number of hydrogen-bond donors (Lipinski definition) is 1. The van der Waals surface area contributed by atoms with Crippen molar-refractivity contribution >= 4 is 10.8 Å². The van der Waals surface area contributed by atoms with E-state index in [0.717, 1.165) is 23.6 Å². The third-order valence-electron chi connectivity index (χ3n) is 5.01. The lowest BCUT2D eigenvalue weighted by Gasteiger charge is -2.17. The van der Waals surface area contributed by atoms with Gasteiger partial charge in [-0.2, -0.15) is 0 Å². The Kier molecular flexibility index (Phi) is 5.31. The van der Waals surface area contributed by atoms with E-state index in [1.807, 2.05) is 6.07 Å². The summed E-state index contributed by atoms with van der Waals surface area (Å²) in [5, 5.41) is 6.20. The zero-order valence-corrected chi connectivity index (χ0v) is 16.1. The molecule has 4 heteroatoms. The van der Waals surface area contributed by atoms with Gasteiger partial charge in [-0.25, -0.2) is 0 Å². The highest BCUT2D eigenvalue weighted by atomic mass is 16.5. The molecule has 1 unspecified atom stereocenters. The molecule has 1 heterocycles. The lowest BCUT2D eigenvalue weighted by molar-refractivity contribution is 0.416. The first-order valence-electron chi connectivity index (χ1n) is 9.40. The average molecular weight is 369 g/mol. The van der Waals surface area contributed by atoms with E-state index in [4.69, 9.17) is 4.74 Å². The molecule has 4 rings (SSSR count). The minimum Gasteiger partial charge on any atom is -0.496 e. The van der Waals surface area contributed by atoms with E-state index >= 15 is 0 Å². The highest BCUT2D eigenvalue weighted by molar-refractivity contribution is 5.86. The molecule has 0 aliphatic carbocycles. The molecule has 0 bridgehead atoms. The monoisotopic (exact) mass is 369 g/mol. The number of ether oxygens (including phenoxy) is 1. The smallest absolute Gasteiger partial charge is 0.128 e. The number of benzene rings is 3. The summed E-state index contributed by atoms with van der Waals surface area (Å²) in [6.45, 7) is 2.95. The van der Waals surface area contributed by atoms with Crippen LogP contribution in [0, 0.1) is 0 Å². The Morgan fingerprint density at radius 1 is 1.00 bits per heavy atom. The molecule has 4 nitrogen and oxygen atoms in total. The van der Waals surface area contributed by atoms with Crippen molar-refractivity contribution in [2.24, 2.45) is 0 Å². The van der Waals surface area contributed by atoms with Crippen molar-refractivity contribution < 1.29 is 4.74 Å². The number of nitrogens with one attached hydrogen (secondary N) is 1. The van der Waals surface area contributed by atoms with Gasteiger partial charge in [-0.15, -0.1) is 0 Å². The van der Waals surface area contributed by atoms with E-state index in [2.05, 4.69) is 76.8 Å². The average Bonchev–Trinajstić information content (AvgIpc) is 2.77. The summed E-state index contributed by atoms with van der Waals surface area (Å²) in [5.74, 6) is 0.798. The summed E-state index contributed by atoms with van der Waals surface area (Å²) in [7, 11) is 1.68. The Morgan fingerprint density at radius 2 is 1.86 bits per heavy atom. The van der Waals surface area contributed by atoms with Crippen LogP contribution in [0.15, 0.2) is 79.3 Å². The maximum Gasteiger partial charge on any atom is 0.128 e. The van der Waals surface area contributed by atoms with Crippen molar-refractivity contribution in [3.8, 4) is 17.0 Å². The van der Waals surface area contributed by atoms with E-state index in [-0.39, 0.29) is 6.04 Å². The van der Waals surface area contributed by atoms with Crippen molar-refractivity contribution in [2.75, 3.05) is 7.11 Å².